The zero-order valence-corrected chi connectivity index (χ0v) is 13.6. The molecule has 20 heavy (non-hydrogen) atoms. The number of benzene rings is 1. The standard InChI is InChI=1S/C12H11BrN2O3S2/c1-8-2-4-9(5-3-8)20(17,18)15-14-12(16)11-10(13)6-7-19-11/h2-7,15H,1H3,(H,14,16). The number of rotatable bonds is 4. The molecule has 1 aromatic carbocycles. The quantitative estimate of drug-likeness (QED) is 0.807. The third kappa shape index (κ3) is 3.45. The van der Waals surface area contributed by atoms with Gasteiger partial charge in [-0.3, -0.25) is 10.2 Å². The zero-order valence-electron chi connectivity index (χ0n) is 10.4. The fraction of sp³-hybridized carbons (Fsp3) is 0.0833. The van der Waals surface area contributed by atoms with Crippen molar-refractivity contribution in [1.82, 2.24) is 10.3 Å². The lowest BCUT2D eigenvalue weighted by atomic mass is 10.2. The van der Waals surface area contributed by atoms with E-state index in [1.807, 2.05) is 6.92 Å². The van der Waals surface area contributed by atoms with Crippen molar-refractivity contribution in [3.05, 3.63) is 50.6 Å². The number of amides is 1. The lowest BCUT2D eigenvalue weighted by Gasteiger charge is -2.08. The minimum atomic E-state index is -3.77. The number of sulfonamides is 1. The molecular formula is C12H11BrN2O3S2. The van der Waals surface area contributed by atoms with Crippen molar-refractivity contribution in [2.24, 2.45) is 0 Å². The maximum absolute atomic E-state index is 12.0. The first-order valence-electron chi connectivity index (χ1n) is 5.52. The van der Waals surface area contributed by atoms with Crippen LogP contribution in [-0.4, -0.2) is 14.3 Å². The Bertz CT molecular complexity index is 723. The fourth-order valence-corrected chi connectivity index (χ4v) is 3.69. The van der Waals surface area contributed by atoms with Crippen LogP contribution in [0.4, 0.5) is 0 Å². The van der Waals surface area contributed by atoms with Crippen LogP contribution >= 0.6 is 27.3 Å². The Morgan fingerprint density at radius 3 is 2.40 bits per heavy atom. The highest BCUT2D eigenvalue weighted by molar-refractivity contribution is 9.10. The smallest absolute Gasteiger partial charge is 0.273 e. The highest BCUT2D eigenvalue weighted by Gasteiger charge is 2.17. The Kier molecular flexibility index (Phi) is 4.59. The summed E-state index contributed by atoms with van der Waals surface area (Å²) < 4.78 is 24.6. The topological polar surface area (TPSA) is 75.3 Å². The van der Waals surface area contributed by atoms with E-state index >= 15 is 0 Å². The minimum absolute atomic E-state index is 0.0913. The van der Waals surface area contributed by atoms with Gasteiger partial charge < -0.3 is 0 Å². The minimum Gasteiger partial charge on any atom is -0.273 e. The molecule has 5 nitrogen and oxygen atoms in total. The first-order valence-corrected chi connectivity index (χ1v) is 8.67. The van der Waals surface area contributed by atoms with E-state index < -0.39 is 15.9 Å². The number of hydrazine groups is 1. The average Bonchev–Trinajstić information content (AvgIpc) is 2.83. The van der Waals surface area contributed by atoms with Gasteiger partial charge in [0.25, 0.3) is 15.9 Å². The van der Waals surface area contributed by atoms with E-state index in [-0.39, 0.29) is 4.90 Å². The van der Waals surface area contributed by atoms with Crippen LogP contribution in [0.5, 0.6) is 0 Å². The second-order valence-corrected chi connectivity index (χ2v) is 7.42. The third-order valence-electron chi connectivity index (χ3n) is 2.45. The van der Waals surface area contributed by atoms with Crippen LogP contribution in [0, 0.1) is 6.92 Å². The second kappa shape index (κ2) is 6.04. The van der Waals surface area contributed by atoms with Crippen molar-refractivity contribution in [3.8, 4) is 0 Å². The summed E-state index contributed by atoms with van der Waals surface area (Å²) in [4.78, 5) is 14.4. The first kappa shape index (κ1) is 15.2. The van der Waals surface area contributed by atoms with Gasteiger partial charge in [-0.1, -0.05) is 17.7 Å². The van der Waals surface area contributed by atoms with Crippen molar-refractivity contribution < 1.29 is 13.2 Å². The number of aryl methyl sites for hydroxylation is 1. The molecule has 2 rings (SSSR count). The number of carbonyl (C=O) groups excluding carboxylic acids is 1. The molecule has 0 saturated heterocycles. The van der Waals surface area contributed by atoms with E-state index in [1.165, 1.54) is 23.5 Å². The van der Waals surface area contributed by atoms with Gasteiger partial charge in [-0.05, 0) is 46.4 Å². The van der Waals surface area contributed by atoms with Gasteiger partial charge in [0, 0.05) is 4.47 Å². The number of halogens is 1. The predicted molar refractivity (Wildman–Crippen MR) is 81.0 cm³/mol. The summed E-state index contributed by atoms with van der Waals surface area (Å²) in [7, 11) is -3.77. The largest absolute Gasteiger partial charge is 0.277 e. The zero-order chi connectivity index (χ0) is 14.8. The molecule has 1 heterocycles. The summed E-state index contributed by atoms with van der Waals surface area (Å²) in [6.07, 6.45) is 0. The molecule has 0 aliphatic carbocycles. The molecular weight excluding hydrogens is 364 g/mol. The SMILES string of the molecule is Cc1ccc(S(=O)(=O)NNC(=O)c2sccc2Br)cc1. The van der Waals surface area contributed by atoms with E-state index in [2.05, 4.69) is 26.2 Å². The Labute approximate surface area is 129 Å². The molecule has 1 amide bonds. The molecule has 0 unspecified atom stereocenters. The molecule has 0 spiro atoms. The Morgan fingerprint density at radius 2 is 1.85 bits per heavy atom. The van der Waals surface area contributed by atoms with Crippen molar-refractivity contribution in [2.45, 2.75) is 11.8 Å². The number of thiophene rings is 1. The number of hydrogen-bond donors (Lipinski definition) is 2. The van der Waals surface area contributed by atoms with E-state index in [0.717, 1.165) is 5.56 Å². The molecule has 0 fully saturated rings. The van der Waals surface area contributed by atoms with Gasteiger partial charge in [-0.2, -0.15) is 0 Å². The molecule has 0 aliphatic rings. The van der Waals surface area contributed by atoms with Crippen molar-refractivity contribution in [2.75, 3.05) is 0 Å². The molecule has 2 aromatic rings. The summed E-state index contributed by atoms with van der Waals surface area (Å²) in [5.74, 6) is -0.512. The van der Waals surface area contributed by atoms with Crippen LogP contribution < -0.4 is 10.3 Å². The van der Waals surface area contributed by atoms with E-state index in [4.69, 9.17) is 0 Å². The predicted octanol–water partition coefficient (Wildman–Crippen LogP) is 2.44. The summed E-state index contributed by atoms with van der Waals surface area (Å²) in [5, 5.41) is 1.73. The number of hydrogen-bond acceptors (Lipinski definition) is 4. The molecule has 0 atom stereocenters. The Balaban J connectivity index is 2.08. The summed E-state index contributed by atoms with van der Waals surface area (Å²) in [5.41, 5.74) is 3.14. The van der Waals surface area contributed by atoms with Gasteiger partial charge in [0.1, 0.15) is 4.88 Å². The lowest BCUT2D eigenvalue weighted by molar-refractivity contribution is 0.0948. The molecule has 0 saturated carbocycles. The maximum Gasteiger partial charge on any atom is 0.277 e. The van der Waals surface area contributed by atoms with Crippen LogP contribution in [0.15, 0.2) is 45.1 Å². The lowest BCUT2D eigenvalue weighted by Crippen LogP contribution is -2.41. The molecule has 1 aromatic heterocycles. The highest BCUT2D eigenvalue weighted by Crippen LogP contribution is 2.22. The molecule has 106 valence electrons. The van der Waals surface area contributed by atoms with Crippen LogP contribution in [-0.2, 0) is 10.0 Å². The van der Waals surface area contributed by atoms with Gasteiger partial charge in [0.2, 0.25) is 0 Å². The monoisotopic (exact) mass is 374 g/mol. The van der Waals surface area contributed by atoms with Crippen molar-refractivity contribution in [1.29, 1.82) is 0 Å². The number of nitrogens with one attached hydrogen (secondary N) is 2. The van der Waals surface area contributed by atoms with Crippen LogP contribution in [0.25, 0.3) is 0 Å². The highest BCUT2D eigenvalue weighted by atomic mass is 79.9. The third-order valence-corrected chi connectivity index (χ3v) is 5.55. The van der Waals surface area contributed by atoms with Crippen LogP contribution in [0.3, 0.4) is 0 Å². The summed E-state index contributed by atoms with van der Waals surface area (Å²) in [6.45, 7) is 1.86. The van der Waals surface area contributed by atoms with E-state index in [9.17, 15) is 13.2 Å². The summed E-state index contributed by atoms with van der Waals surface area (Å²) >= 11 is 4.42. The Morgan fingerprint density at radius 1 is 1.20 bits per heavy atom. The molecule has 2 N–H and O–H groups in total. The van der Waals surface area contributed by atoms with Crippen molar-refractivity contribution in [3.63, 3.8) is 0 Å². The average molecular weight is 375 g/mol. The summed E-state index contributed by atoms with van der Waals surface area (Å²) in [6, 6.07) is 8.04. The first-order chi connectivity index (χ1) is 9.40. The van der Waals surface area contributed by atoms with E-state index in [1.54, 1.807) is 23.6 Å². The van der Waals surface area contributed by atoms with E-state index in [0.29, 0.717) is 9.35 Å². The molecule has 0 aliphatic heterocycles. The molecule has 0 radical (unpaired) electrons. The van der Waals surface area contributed by atoms with Crippen molar-refractivity contribution >= 4 is 43.2 Å². The van der Waals surface area contributed by atoms with Gasteiger partial charge >= 0.3 is 0 Å². The Hall–Kier alpha value is -1.22. The fourth-order valence-electron chi connectivity index (χ4n) is 1.40. The second-order valence-electron chi connectivity index (χ2n) is 3.97. The van der Waals surface area contributed by atoms with Gasteiger partial charge in [0.15, 0.2) is 0 Å². The molecule has 0 bridgehead atoms. The molecule has 8 heteroatoms. The van der Waals surface area contributed by atoms with Crippen LogP contribution in [0.1, 0.15) is 15.2 Å². The van der Waals surface area contributed by atoms with Gasteiger partial charge in [-0.15, -0.1) is 16.2 Å². The normalized spacial score (nSPS) is 11.3. The van der Waals surface area contributed by atoms with Crippen LogP contribution in [0.2, 0.25) is 0 Å². The maximum atomic E-state index is 12.0. The van der Waals surface area contributed by atoms with Gasteiger partial charge in [-0.25, -0.2) is 8.42 Å². The number of carbonyl (C=O) groups is 1. The van der Waals surface area contributed by atoms with Gasteiger partial charge in [0.05, 0.1) is 4.90 Å².